The molecule has 166 valence electrons. The van der Waals surface area contributed by atoms with Gasteiger partial charge < -0.3 is 25.9 Å². The van der Waals surface area contributed by atoms with Crippen LogP contribution in [-0.2, 0) is 14.3 Å². The minimum atomic E-state index is -0.505. The first-order chi connectivity index (χ1) is 14.9. The standard InChI is InChI=1S/C18H21N5O3S2.C2H4O/c1-11(20-2)16(28-10-19)14-9-27-18(23-14)22-13-6-4-12(5-7-13)17(25)21-8-15(24)26-3;1-2-3/h4-7,9H,2,8,10,19H2,1,3H3,(H,21,25)(H,22,23);2H,1H3/b16-11-;. The summed E-state index contributed by atoms with van der Waals surface area (Å²) >= 11 is 2.91. The molecule has 0 spiro atoms. The van der Waals surface area contributed by atoms with Gasteiger partial charge in [0.15, 0.2) is 5.13 Å². The van der Waals surface area contributed by atoms with Gasteiger partial charge in [0.1, 0.15) is 12.8 Å². The Morgan fingerprint density at radius 3 is 2.55 bits per heavy atom. The Kier molecular flexibility index (Phi) is 11.8. The molecule has 1 heterocycles. The number of nitrogens with zero attached hydrogens (tertiary/aromatic N) is 2. The molecule has 9 nitrogen and oxygen atoms in total. The fraction of sp³-hybridized carbons (Fsp3) is 0.250. The summed E-state index contributed by atoms with van der Waals surface area (Å²) in [6, 6.07) is 6.84. The number of nitrogens with one attached hydrogen (secondary N) is 2. The minimum Gasteiger partial charge on any atom is -0.468 e. The van der Waals surface area contributed by atoms with Gasteiger partial charge in [-0.3, -0.25) is 14.6 Å². The molecule has 11 heteroatoms. The predicted molar refractivity (Wildman–Crippen MR) is 127 cm³/mol. The highest BCUT2D eigenvalue weighted by Gasteiger charge is 2.12. The van der Waals surface area contributed by atoms with Crippen molar-refractivity contribution in [3.8, 4) is 0 Å². The second-order valence-electron chi connectivity index (χ2n) is 5.62. The maximum Gasteiger partial charge on any atom is 0.325 e. The molecular formula is C20H25N5O4S2. The van der Waals surface area contributed by atoms with Crippen LogP contribution >= 0.6 is 23.1 Å². The second-order valence-corrected chi connectivity index (χ2v) is 7.51. The minimum absolute atomic E-state index is 0.174. The highest BCUT2D eigenvalue weighted by molar-refractivity contribution is 8.08. The van der Waals surface area contributed by atoms with E-state index in [2.05, 4.69) is 32.1 Å². The Morgan fingerprint density at radius 2 is 2.00 bits per heavy atom. The molecule has 0 saturated heterocycles. The maximum absolute atomic E-state index is 12.0. The lowest BCUT2D eigenvalue weighted by Crippen LogP contribution is -2.30. The van der Waals surface area contributed by atoms with E-state index in [0.717, 1.165) is 28.3 Å². The first kappa shape index (κ1) is 26.0. The molecule has 4 N–H and O–H groups in total. The van der Waals surface area contributed by atoms with Crippen molar-refractivity contribution in [1.29, 1.82) is 0 Å². The third-order valence-corrected chi connectivity index (χ3v) is 5.27. The number of methoxy groups -OCH3 is 1. The zero-order valence-corrected chi connectivity index (χ0v) is 19.1. The van der Waals surface area contributed by atoms with Crippen LogP contribution < -0.4 is 16.4 Å². The molecule has 0 aliphatic rings. The number of aldehydes is 1. The normalized spacial score (nSPS) is 10.7. The lowest BCUT2D eigenvalue weighted by Gasteiger charge is -2.06. The lowest BCUT2D eigenvalue weighted by molar-refractivity contribution is -0.139. The number of rotatable bonds is 9. The average molecular weight is 464 g/mol. The number of hydrogen-bond acceptors (Lipinski definition) is 10. The second kappa shape index (κ2) is 14.1. The van der Waals surface area contributed by atoms with Gasteiger partial charge >= 0.3 is 5.97 Å². The van der Waals surface area contributed by atoms with Gasteiger partial charge in [-0.05, 0) is 44.8 Å². The van der Waals surface area contributed by atoms with E-state index in [1.165, 1.54) is 37.1 Å². The molecule has 0 fully saturated rings. The number of thioether (sulfide) groups is 1. The number of carbonyl (C=O) groups excluding carboxylic acids is 3. The molecule has 2 aromatic rings. The van der Waals surface area contributed by atoms with Crippen LogP contribution in [0.25, 0.3) is 4.91 Å². The van der Waals surface area contributed by atoms with E-state index in [-0.39, 0.29) is 12.5 Å². The summed E-state index contributed by atoms with van der Waals surface area (Å²) < 4.78 is 4.49. The number of thiazole rings is 1. The first-order valence-corrected chi connectivity index (χ1v) is 10.8. The van der Waals surface area contributed by atoms with Gasteiger partial charge in [0.2, 0.25) is 0 Å². The summed E-state index contributed by atoms with van der Waals surface area (Å²) in [5.41, 5.74) is 8.41. The summed E-state index contributed by atoms with van der Waals surface area (Å²) in [4.78, 5) is 41.3. The first-order valence-electron chi connectivity index (χ1n) is 8.98. The number of nitrogens with two attached hydrogens (primary N) is 1. The van der Waals surface area contributed by atoms with Gasteiger partial charge in [0, 0.05) is 22.5 Å². The van der Waals surface area contributed by atoms with Crippen molar-refractivity contribution in [2.24, 2.45) is 10.7 Å². The van der Waals surface area contributed by atoms with Gasteiger partial charge in [-0.1, -0.05) is 0 Å². The molecule has 0 bridgehead atoms. The molecule has 0 saturated carbocycles. The van der Waals surface area contributed by atoms with Crippen molar-refractivity contribution in [3.63, 3.8) is 0 Å². The number of allylic oxidation sites excluding steroid dienone is 1. The van der Waals surface area contributed by atoms with Crippen LogP contribution in [0.1, 0.15) is 29.9 Å². The van der Waals surface area contributed by atoms with E-state index in [4.69, 9.17) is 10.5 Å². The van der Waals surface area contributed by atoms with E-state index in [1.54, 1.807) is 24.3 Å². The summed E-state index contributed by atoms with van der Waals surface area (Å²) in [5, 5.41) is 8.30. The lowest BCUT2D eigenvalue weighted by atomic mass is 10.2. The molecule has 0 atom stereocenters. The van der Waals surface area contributed by atoms with Crippen LogP contribution in [0.15, 0.2) is 40.3 Å². The van der Waals surface area contributed by atoms with E-state index in [1.807, 2.05) is 12.3 Å². The van der Waals surface area contributed by atoms with Crippen molar-refractivity contribution < 1.29 is 19.1 Å². The molecule has 0 aliphatic carbocycles. The molecule has 1 aromatic heterocycles. The topological polar surface area (TPSA) is 136 Å². The Bertz CT molecular complexity index is 926. The highest BCUT2D eigenvalue weighted by atomic mass is 32.2. The van der Waals surface area contributed by atoms with E-state index in [9.17, 15) is 9.59 Å². The SMILES string of the molecule is C=N/C(C)=C(\SCN)c1csc(Nc2ccc(C(=O)NCC(=O)OC)cc2)n1.CC=O. The Morgan fingerprint density at radius 1 is 1.35 bits per heavy atom. The highest BCUT2D eigenvalue weighted by Crippen LogP contribution is 2.33. The molecule has 2 rings (SSSR count). The fourth-order valence-electron chi connectivity index (χ4n) is 2.11. The molecular weight excluding hydrogens is 438 g/mol. The molecule has 31 heavy (non-hydrogen) atoms. The van der Waals surface area contributed by atoms with Crippen molar-refractivity contribution in [2.75, 3.05) is 24.8 Å². The summed E-state index contributed by atoms with van der Waals surface area (Å²) in [6.07, 6.45) is 0.750. The number of aromatic nitrogens is 1. The van der Waals surface area contributed by atoms with E-state index in [0.29, 0.717) is 16.6 Å². The fourth-order valence-corrected chi connectivity index (χ4v) is 3.60. The molecule has 0 radical (unpaired) electrons. The molecule has 0 unspecified atom stereocenters. The quantitative estimate of drug-likeness (QED) is 0.223. The van der Waals surface area contributed by atoms with Crippen LogP contribution in [0.2, 0.25) is 0 Å². The van der Waals surface area contributed by atoms with Crippen molar-refractivity contribution in [2.45, 2.75) is 13.8 Å². The molecule has 1 amide bonds. The number of carbonyl (C=O) groups is 3. The number of ether oxygens (including phenoxy) is 1. The van der Waals surface area contributed by atoms with Gasteiger partial charge in [0.25, 0.3) is 5.91 Å². The third kappa shape index (κ3) is 8.70. The van der Waals surface area contributed by atoms with Gasteiger partial charge in [-0.15, -0.1) is 23.1 Å². The van der Waals surface area contributed by atoms with Crippen LogP contribution in [0, 0.1) is 0 Å². The van der Waals surface area contributed by atoms with Crippen LogP contribution in [-0.4, -0.2) is 49.4 Å². The van der Waals surface area contributed by atoms with Crippen molar-refractivity contribution >= 4 is 63.7 Å². The number of aliphatic imine (C=N–C) groups is 1. The van der Waals surface area contributed by atoms with Gasteiger partial charge in [-0.25, -0.2) is 4.98 Å². The predicted octanol–water partition coefficient (Wildman–Crippen LogP) is 3.03. The maximum atomic E-state index is 12.0. The summed E-state index contributed by atoms with van der Waals surface area (Å²) in [7, 11) is 1.27. The zero-order chi connectivity index (χ0) is 23.2. The molecule has 0 aliphatic heterocycles. The van der Waals surface area contributed by atoms with Crippen molar-refractivity contribution in [1.82, 2.24) is 10.3 Å². The van der Waals surface area contributed by atoms with E-state index < -0.39 is 5.97 Å². The number of amides is 1. The van der Waals surface area contributed by atoms with Crippen molar-refractivity contribution in [3.05, 3.63) is 46.6 Å². The smallest absolute Gasteiger partial charge is 0.325 e. The van der Waals surface area contributed by atoms with E-state index >= 15 is 0 Å². The summed E-state index contributed by atoms with van der Waals surface area (Å²) in [5.74, 6) is -0.439. The largest absolute Gasteiger partial charge is 0.468 e. The Labute approximate surface area is 189 Å². The number of hydrogen-bond donors (Lipinski definition) is 3. The van der Waals surface area contributed by atoms with Gasteiger partial charge in [0.05, 0.1) is 23.4 Å². The van der Waals surface area contributed by atoms with Gasteiger partial charge in [-0.2, -0.15) is 0 Å². The number of benzene rings is 1. The Balaban J connectivity index is 0.00000151. The third-order valence-electron chi connectivity index (χ3n) is 3.55. The van der Waals surface area contributed by atoms with Crippen LogP contribution in [0.3, 0.4) is 0 Å². The number of esters is 1. The number of anilines is 2. The molecule has 1 aromatic carbocycles. The van der Waals surface area contributed by atoms with Crippen LogP contribution in [0.5, 0.6) is 0 Å². The average Bonchev–Trinajstić information content (AvgIpc) is 3.24. The monoisotopic (exact) mass is 463 g/mol. The zero-order valence-electron chi connectivity index (χ0n) is 17.5. The Hall–Kier alpha value is -3.02. The van der Waals surface area contributed by atoms with Crippen LogP contribution in [0.4, 0.5) is 10.8 Å². The summed E-state index contributed by atoms with van der Waals surface area (Å²) in [6.45, 7) is 6.69.